The largest absolute Gasteiger partial charge is 0.459 e. The standard InChI is InChI=1S/C17H22ClN5O4S/c1-17(2,3)27-14(24)9-23(4)28(25,26)10-5-6-11-12(7-10)15(22-16(19)20)21-8-13(11)18/h5-8H,9H2,1-4H3,(H4,19,20,21,22). The minimum atomic E-state index is -3.99. The average Bonchev–Trinajstić information content (AvgIpc) is 2.55. The number of rotatable bonds is 5. The van der Waals surface area contributed by atoms with Crippen molar-refractivity contribution < 1.29 is 17.9 Å². The highest BCUT2D eigenvalue weighted by Crippen LogP contribution is 2.32. The van der Waals surface area contributed by atoms with Crippen molar-refractivity contribution in [3.63, 3.8) is 0 Å². The Hall–Kier alpha value is -2.43. The Morgan fingerprint density at radius 2 is 1.93 bits per heavy atom. The van der Waals surface area contributed by atoms with Crippen molar-refractivity contribution in [2.45, 2.75) is 31.3 Å². The molecule has 11 heteroatoms. The Balaban J connectivity index is 2.45. The predicted octanol–water partition coefficient (Wildman–Crippen LogP) is 1.76. The Kier molecular flexibility index (Phi) is 6.17. The number of carbonyl (C=O) groups excluding carboxylic acids is 1. The van der Waals surface area contributed by atoms with Crippen LogP contribution in [0.1, 0.15) is 20.8 Å². The molecule has 0 amide bonds. The molecule has 152 valence electrons. The van der Waals surface area contributed by atoms with Crippen LogP contribution < -0.4 is 11.5 Å². The molecule has 9 nitrogen and oxygen atoms in total. The summed E-state index contributed by atoms with van der Waals surface area (Å²) in [6, 6.07) is 4.27. The highest BCUT2D eigenvalue weighted by atomic mass is 35.5. The molecule has 0 aliphatic rings. The zero-order chi connectivity index (χ0) is 21.3. The lowest BCUT2D eigenvalue weighted by atomic mass is 10.1. The SMILES string of the molecule is CN(CC(=O)OC(C)(C)C)S(=O)(=O)c1ccc2c(Cl)cnc(N=C(N)N)c2c1. The fourth-order valence-electron chi connectivity index (χ4n) is 2.37. The lowest BCUT2D eigenvalue weighted by Crippen LogP contribution is -2.36. The second kappa shape index (κ2) is 7.90. The third-order valence-electron chi connectivity index (χ3n) is 3.50. The molecule has 0 radical (unpaired) electrons. The van der Waals surface area contributed by atoms with Crippen LogP contribution in [0.5, 0.6) is 0 Å². The smallest absolute Gasteiger partial charge is 0.321 e. The first-order chi connectivity index (χ1) is 12.8. The summed E-state index contributed by atoms with van der Waals surface area (Å²) in [7, 11) is -2.70. The van der Waals surface area contributed by atoms with Gasteiger partial charge in [0.15, 0.2) is 11.8 Å². The maximum atomic E-state index is 12.9. The zero-order valence-corrected chi connectivity index (χ0v) is 17.5. The number of ether oxygens (including phenoxy) is 1. The van der Waals surface area contributed by atoms with E-state index in [1.54, 1.807) is 20.8 Å². The van der Waals surface area contributed by atoms with Crippen LogP contribution in [0.25, 0.3) is 10.8 Å². The number of halogens is 1. The van der Waals surface area contributed by atoms with E-state index in [4.69, 9.17) is 27.8 Å². The summed E-state index contributed by atoms with van der Waals surface area (Å²) in [4.78, 5) is 19.9. The molecule has 2 aromatic rings. The average molecular weight is 428 g/mol. The molecule has 1 heterocycles. The van der Waals surface area contributed by atoms with Crippen LogP contribution in [-0.2, 0) is 19.6 Å². The van der Waals surface area contributed by atoms with Crippen LogP contribution in [-0.4, -0.2) is 48.8 Å². The quantitative estimate of drug-likeness (QED) is 0.420. The summed E-state index contributed by atoms with van der Waals surface area (Å²) >= 11 is 6.13. The van der Waals surface area contributed by atoms with Gasteiger partial charge in [0.25, 0.3) is 0 Å². The highest BCUT2D eigenvalue weighted by molar-refractivity contribution is 7.89. The van der Waals surface area contributed by atoms with Gasteiger partial charge in [0.1, 0.15) is 12.1 Å². The third-order valence-corrected chi connectivity index (χ3v) is 5.60. The molecule has 0 aliphatic heterocycles. The molecule has 0 saturated carbocycles. The normalized spacial score (nSPS) is 12.2. The summed E-state index contributed by atoms with van der Waals surface area (Å²) < 4.78 is 31.8. The Bertz CT molecular complexity index is 1040. The van der Waals surface area contributed by atoms with Gasteiger partial charge in [0.05, 0.1) is 9.92 Å². The van der Waals surface area contributed by atoms with Crippen molar-refractivity contribution in [3.8, 4) is 0 Å². The van der Waals surface area contributed by atoms with Gasteiger partial charge in [-0.3, -0.25) is 4.79 Å². The monoisotopic (exact) mass is 427 g/mol. The van der Waals surface area contributed by atoms with Crippen molar-refractivity contribution in [2.24, 2.45) is 16.5 Å². The molecule has 0 aliphatic carbocycles. The molecule has 1 aromatic heterocycles. The van der Waals surface area contributed by atoms with Gasteiger partial charge >= 0.3 is 5.97 Å². The summed E-state index contributed by atoms with van der Waals surface area (Å²) in [5.74, 6) is -0.761. The number of fused-ring (bicyclic) bond motifs is 1. The first-order valence-corrected chi connectivity index (χ1v) is 9.99. The van der Waals surface area contributed by atoms with Gasteiger partial charge in [-0.05, 0) is 32.9 Å². The molecule has 0 spiro atoms. The van der Waals surface area contributed by atoms with Gasteiger partial charge in [0.2, 0.25) is 10.0 Å². The van der Waals surface area contributed by atoms with Crippen LogP contribution >= 0.6 is 11.6 Å². The van der Waals surface area contributed by atoms with Crippen LogP contribution in [0.4, 0.5) is 5.82 Å². The van der Waals surface area contributed by atoms with Gasteiger partial charge in [-0.1, -0.05) is 17.7 Å². The molecule has 0 bridgehead atoms. The molecule has 0 fully saturated rings. The van der Waals surface area contributed by atoms with E-state index in [2.05, 4.69) is 9.98 Å². The number of esters is 1. The van der Waals surface area contributed by atoms with Crippen molar-refractivity contribution in [1.82, 2.24) is 9.29 Å². The Labute approximate surface area is 168 Å². The van der Waals surface area contributed by atoms with Crippen LogP contribution in [0.15, 0.2) is 34.3 Å². The maximum Gasteiger partial charge on any atom is 0.321 e. The number of hydrogen-bond donors (Lipinski definition) is 2. The second-order valence-electron chi connectivity index (χ2n) is 7.02. The summed E-state index contributed by atoms with van der Waals surface area (Å²) in [5, 5.41) is 1.20. The van der Waals surface area contributed by atoms with E-state index in [1.807, 2.05) is 0 Å². The number of hydrogen-bond acceptors (Lipinski definition) is 6. The fraction of sp³-hybridized carbons (Fsp3) is 0.353. The van der Waals surface area contributed by atoms with E-state index in [1.165, 1.54) is 31.4 Å². The lowest BCUT2D eigenvalue weighted by Gasteiger charge is -2.22. The highest BCUT2D eigenvalue weighted by Gasteiger charge is 2.26. The molecule has 1 aromatic carbocycles. The molecule has 4 N–H and O–H groups in total. The van der Waals surface area contributed by atoms with Crippen molar-refractivity contribution in [3.05, 3.63) is 29.4 Å². The minimum absolute atomic E-state index is 0.0674. The van der Waals surface area contributed by atoms with E-state index < -0.39 is 28.1 Å². The maximum absolute atomic E-state index is 12.9. The minimum Gasteiger partial charge on any atom is -0.459 e. The number of nitrogens with zero attached hydrogens (tertiary/aromatic N) is 3. The van der Waals surface area contributed by atoms with Gasteiger partial charge in [-0.25, -0.2) is 13.4 Å². The fourth-order valence-corrected chi connectivity index (χ4v) is 3.72. The number of guanidine groups is 1. The van der Waals surface area contributed by atoms with Crippen molar-refractivity contribution in [2.75, 3.05) is 13.6 Å². The number of sulfonamides is 1. The summed E-state index contributed by atoms with van der Waals surface area (Å²) in [6.07, 6.45) is 1.37. The number of aliphatic imine (C=N–C) groups is 1. The number of pyridine rings is 1. The molecular formula is C17H22ClN5O4S. The molecule has 0 atom stereocenters. The van der Waals surface area contributed by atoms with Crippen molar-refractivity contribution in [1.29, 1.82) is 0 Å². The van der Waals surface area contributed by atoms with E-state index in [0.717, 1.165) is 4.31 Å². The third kappa shape index (κ3) is 5.09. The molecule has 2 rings (SSSR count). The number of carbonyl (C=O) groups is 1. The molecule has 28 heavy (non-hydrogen) atoms. The zero-order valence-electron chi connectivity index (χ0n) is 15.9. The summed E-state index contributed by atoms with van der Waals surface area (Å²) in [5.41, 5.74) is 10.1. The first-order valence-electron chi connectivity index (χ1n) is 8.17. The number of aromatic nitrogens is 1. The van der Waals surface area contributed by atoms with Gasteiger partial charge in [-0.2, -0.15) is 9.30 Å². The Morgan fingerprint density at radius 1 is 1.29 bits per heavy atom. The van der Waals surface area contributed by atoms with Gasteiger partial charge in [0, 0.05) is 24.0 Å². The van der Waals surface area contributed by atoms with E-state index in [9.17, 15) is 13.2 Å². The topological polar surface area (TPSA) is 141 Å². The van der Waals surface area contributed by atoms with Gasteiger partial charge in [-0.15, -0.1) is 0 Å². The molecule has 0 unspecified atom stereocenters. The number of benzene rings is 1. The molecular weight excluding hydrogens is 406 g/mol. The Morgan fingerprint density at radius 3 is 2.50 bits per heavy atom. The predicted molar refractivity (Wildman–Crippen MR) is 108 cm³/mol. The number of nitrogens with two attached hydrogens (primary N) is 2. The van der Waals surface area contributed by atoms with Crippen LogP contribution in [0.2, 0.25) is 5.02 Å². The van der Waals surface area contributed by atoms with E-state index in [-0.39, 0.29) is 16.7 Å². The van der Waals surface area contributed by atoms with E-state index >= 15 is 0 Å². The van der Waals surface area contributed by atoms with E-state index in [0.29, 0.717) is 15.8 Å². The van der Waals surface area contributed by atoms with Crippen molar-refractivity contribution >= 4 is 50.1 Å². The second-order valence-corrected chi connectivity index (χ2v) is 9.47. The number of likely N-dealkylation sites (N-methyl/N-ethyl adjacent to an activating group) is 1. The van der Waals surface area contributed by atoms with Crippen LogP contribution in [0.3, 0.4) is 0 Å². The van der Waals surface area contributed by atoms with Crippen LogP contribution in [0, 0.1) is 0 Å². The lowest BCUT2D eigenvalue weighted by molar-refractivity contribution is -0.154. The van der Waals surface area contributed by atoms with Gasteiger partial charge < -0.3 is 16.2 Å². The summed E-state index contributed by atoms with van der Waals surface area (Å²) in [6.45, 7) is 4.66. The molecule has 0 saturated heterocycles. The first kappa shape index (κ1) is 21.9.